The first-order valence-electron chi connectivity index (χ1n) is 11.1. The van der Waals surface area contributed by atoms with Gasteiger partial charge in [-0.15, -0.1) is 0 Å². The number of hydrogen-bond donors (Lipinski definition) is 1. The van der Waals surface area contributed by atoms with Gasteiger partial charge in [-0.3, -0.25) is 4.90 Å². The van der Waals surface area contributed by atoms with Gasteiger partial charge >= 0.3 is 5.69 Å². The Hall–Kier alpha value is -3.46. The summed E-state index contributed by atoms with van der Waals surface area (Å²) in [5.41, 5.74) is 3.11. The average molecular weight is 470 g/mol. The summed E-state index contributed by atoms with van der Waals surface area (Å²) in [6, 6.07) is 11.1. The van der Waals surface area contributed by atoms with E-state index in [1.54, 1.807) is 12.4 Å². The summed E-state index contributed by atoms with van der Waals surface area (Å²) in [7, 11) is 0. The van der Waals surface area contributed by atoms with Crippen LogP contribution >= 0.6 is 0 Å². The monoisotopic (exact) mass is 470 g/mol. The van der Waals surface area contributed by atoms with E-state index in [1.807, 2.05) is 24.3 Å². The fourth-order valence-electron chi connectivity index (χ4n) is 4.09. The smallest absolute Gasteiger partial charge is 0.344 e. The third-order valence-corrected chi connectivity index (χ3v) is 5.90. The second kappa shape index (κ2) is 11.1. The lowest BCUT2D eigenvalue weighted by atomic mass is 9.91. The van der Waals surface area contributed by atoms with Gasteiger partial charge in [-0.25, -0.2) is 22.9 Å². The summed E-state index contributed by atoms with van der Waals surface area (Å²) >= 11 is 0. The molecule has 1 aliphatic heterocycles. The molecular weight excluding hydrogens is 445 g/mol. The van der Waals surface area contributed by atoms with E-state index in [0.717, 1.165) is 55.7 Å². The van der Waals surface area contributed by atoms with Gasteiger partial charge in [0.1, 0.15) is 19.0 Å². The zero-order valence-corrected chi connectivity index (χ0v) is 18.5. The van der Waals surface area contributed by atoms with E-state index in [4.69, 9.17) is 4.84 Å². The van der Waals surface area contributed by atoms with E-state index in [-0.39, 0.29) is 12.3 Å². The van der Waals surface area contributed by atoms with Gasteiger partial charge in [0.15, 0.2) is 11.6 Å². The molecule has 0 bridgehead atoms. The van der Waals surface area contributed by atoms with Crippen molar-refractivity contribution in [3.63, 3.8) is 0 Å². The third-order valence-electron chi connectivity index (χ3n) is 5.90. The SMILES string of the molecule is O=c1ncc(C2CCN(Cc3ccc(C(=NOCCF)c4ccc(F)c(F)c4)cc3)CC2)c[nH]1. The fourth-order valence-corrected chi connectivity index (χ4v) is 4.09. The number of aromatic amines is 1. The van der Waals surface area contributed by atoms with Crippen LogP contribution in [0.25, 0.3) is 0 Å². The van der Waals surface area contributed by atoms with Gasteiger partial charge in [0.05, 0.1) is 0 Å². The maximum Gasteiger partial charge on any atom is 0.344 e. The number of rotatable bonds is 8. The van der Waals surface area contributed by atoms with Crippen molar-refractivity contribution in [1.82, 2.24) is 14.9 Å². The van der Waals surface area contributed by atoms with Crippen LogP contribution in [0.5, 0.6) is 0 Å². The molecule has 0 aliphatic carbocycles. The molecule has 1 saturated heterocycles. The van der Waals surface area contributed by atoms with Gasteiger partial charge in [0, 0.05) is 30.1 Å². The Balaban J connectivity index is 1.41. The van der Waals surface area contributed by atoms with Crippen LogP contribution in [0.4, 0.5) is 13.2 Å². The highest BCUT2D eigenvalue weighted by atomic mass is 19.2. The van der Waals surface area contributed by atoms with Gasteiger partial charge < -0.3 is 9.82 Å². The molecule has 1 fully saturated rings. The van der Waals surface area contributed by atoms with Gasteiger partial charge in [-0.2, -0.15) is 0 Å². The molecule has 2 heterocycles. The minimum absolute atomic E-state index is 0.226. The normalized spacial score (nSPS) is 15.4. The zero-order chi connectivity index (χ0) is 23.9. The fraction of sp³-hybridized carbons (Fsp3) is 0.320. The van der Waals surface area contributed by atoms with E-state index in [1.165, 1.54) is 6.07 Å². The Kier molecular flexibility index (Phi) is 7.74. The molecule has 6 nitrogen and oxygen atoms in total. The number of nitrogens with one attached hydrogen (secondary N) is 1. The second-order valence-electron chi connectivity index (χ2n) is 8.19. The molecule has 178 valence electrons. The van der Waals surface area contributed by atoms with Gasteiger partial charge in [0.2, 0.25) is 0 Å². The molecule has 0 radical (unpaired) electrons. The van der Waals surface area contributed by atoms with Crippen molar-refractivity contribution >= 4 is 5.71 Å². The highest BCUT2D eigenvalue weighted by Gasteiger charge is 2.21. The molecule has 0 unspecified atom stereocenters. The predicted octanol–water partition coefficient (Wildman–Crippen LogP) is 4.17. The first-order chi connectivity index (χ1) is 16.5. The average Bonchev–Trinajstić information content (AvgIpc) is 2.85. The number of oxime groups is 1. The molecule has 0 saturated carbocycles. The first kappa shape index (κ1) is 23.7. The van der Waals surface area contributed by atoms with Crippen molar-refractivity contribution in [2.24, 2.45) is 5.16 Å². The molecule has 1 aliphatic rings. The number of likely N-dealkylation sites (tertiary alicyclic amines) is 1. The summed E-state index contributed by atoms with van der Waals surface area (Å²) < 4.78 is 39.6. The number of halogens is 3. The van der Waals surface area contributed by atoms with E-state index in [0.29, 0.717) is 22.8 Å². The van der Waals surface area contributed by atoms with E-state index < -0.39 is 18.3 Å². The third kappa shape index (κ3) is 5.91. The zero-order valence-electron chi connectivity index (χ0n) is 18.5. The summed E-state index contributed by atoms with van der Waals surface area (Å²) in [5, 5.41) is 3.96. The van der Waals surface area contributed by atoms with Crippen molar-refractivity contribution in [2.45, 2.75) is 25.3 Å². The quantitative estimate of drug-likeness (QED) is 0.305. The standard InChI is InChI=1S/C25H25F3N4O2/c26-9-12-34-31-24(20-5-6-22(27)23(28)13-20)19-3-1-17(2-4-19)16-32-10-7-18(8-11-32)21-14-29-25(33)30-15-21/h1-6,13-15,18H,7-12,16H2,(H,29,30,33). The molecule has 9 heteroatoms. The van der Waals surface area contributed by atoms with Crippen molar-refractivity contribution in [2.75, 3.05) is 26.4 Å². The van der Waals surface area contributed by atoms with Crippen LogP contribution in [0, 0.1) is 11.6 Å². The van der Waals surface area contributed by atoms with Crippen LogP contribution in [-0.4, -0.2) is 47.0 Å². The second-order valence-corrected chi connectivity index (χ2v) is 8.19. The molecule has 0 amide bonds. The molecule has 0 spiro atoms. The Morgan fingerprint density at radius 1 is 1.09 bits per heavy atom. The van der Waals surface area contributed by atoms with Crippen LogP contribution in [0.3, 0.4) is 0 Å². The largest absolute Gasteiger partial charge is 0.392 e. The summed E-state index contributed by atoms with van der Waals surface area (Å²) in [5.74, 6) is -1.57. The molecular formula is C25H25F3N4O2. The summed E-state index contributed by atoms with van der Waals surface area (Å²) in [4.78, 5) is 25.0. The number of benzene rings is 2. The number of hydrogen-bond acceptors (Lipinski definition) is 5. The first-order valence-corrected chi connectivity index (χ1v) is 11.1. The Labute approximate surface area is 195 Å². The molecule has 3 aromatic rings. The van der Waals surface area contributed by atoms with Crippen LogP contribution in [0.2, 0.25) is 0 Å². The summed E-state index contributed by atoms with van der Waals surface area (Å²) in [6.45, 7) is 1.68. The van der Waals surface area contributed by atoms with Gasteiger partial charge in [-0.05, 0) is 61.2 Å². The maximum atomic E-state index is 13.8. The lowest BCUT2D eigenvalue weighted by molar-refractivity contribution is 0.128. The van der Waals surface area contributed by atoms with Crippen LogP contribution in [-0.2, 0) is 11.4 Å². The molecule has 1 aromatic heterocycles. The van der Waals surface area contributed by atoms with E-state index in [9.17, 15) is 18.0 Å². The molecule has 2 aromatic carbocycles. The lowest BCUT2D eigenvalue weighted by Crippen LogP contribution is -2.32. The molecule has 1 N–H and O–H groups in total. The highest BCUT2D eigenvalue weighted by molar-refractivity contribution is 6.12. The van der Waals surface area contributed by atoms with Crippen molar-refractivity contribution < 1.29 is 18.0 Å². The van der Waals surface area contributed by atoms with Crippen LogP contribution < -0.4 is 5.69 Å². The van der Waals surface area contributed by atoms with E-state index >= 15 is 0 Å². The van der Waals surface area contributed by atoms with Crippen LogP contribution in [0.15, 0.2) is 64.8 Å². The number of H-pyrrole nitrogens is 1. The Bertz CT molecular complexity index is 1170. The van der Waals surface area contributed by atoms with Crippen molar-refractivity contribution in [3.8, 4) is 0 Å². The molecule has 34 heavy (non-hydrogen) atoms. The Morgan fingerprint density at radius 3 is 2.47 bits per heavy atom. The summed E-state index contributed by atoms with van der Waals surface area (Å²) in [6.07, 6.45) is 5.36. The predicted molar refractivity (Wildman–Crippen MR) is 122 cm³/mol. The maximum absolute atomic E-state index is 13.8. The Morgan fingerprint density at radius 2 is 1.82 bits per heavy atom. The number of alkyl halides is 1. The number of piperidine rings is 1. The van der Waals surface area contributed by atoms with E-state index in [2.05, 4.69) is 20.0 Å². The molecule has 0 atom stereocenters. The van der Waals surface area contributed by atoms with Crippen molar-refractivity contribution in [1.29, 1.82) is 0 Å². The van der Waals surface area contributed by atoms with Gasteiger partial charge in [-0.1, -0.05) is 29.4 Å². The number of aromatic nitrogens is 2. The molecule has 4 rings (SSSR count). The lowest BCUT2D eigenvalue weighted by Gasteiger charge is -2.32. The van der Waals surface area contributed by atoms with Crippen molar-refractivity contribution in [3.05, 3.63) is 99.2 Å². The number of nitrogens with zero attached hydrogens (tertiary/aromatic N) is 3. The minimum Gasteiger partial charge on any atom is -0.392 e. The minimum atomic E-state index is -0.992. The van der Waals surface area contributed by atoms with Crippen LogP contribution in [0.1, 0.15) is 41.0 Å². The highest BCUT2D eigenvalue weighted by Crippen LogP contribution is 2.27. The topological polar surface area (TPSA) is 70.6 Å². The van der Waals surface area contributed by atoms with Gasteiger partial charge in [0.25, 0.3) is 0 Å².